The van der Waals surface area contributed by atoms with E-state index < -0.39 is 5.92 Å². The minimum atomic E-state index is -2.48. The van der Waals surface area contributed by atoms with Gasteiger partial charge in [-0.25, -0.2) is 13.8 Å². The largest absolute Gasteiger partial charge is 0.345 e. The van der Waals surface area contributed by atoms with Crippen LogP contribution in [0.4, 0.5) is 8.78 Å². The van der Waals surface area contributed by atoms with Gasteiger partial charge in [-0.2, -0.15) is 0 Å². The fourth-order valence-corrected chi connectivity index (χ4v) is 3.14. The smallest absolute Gasteiger partial charge is 0.248 e. The second kappa shape index (κ2) is 3.79. The summed E-state index contributed by atoms with van der Waals surface area (Å²) < 4.78 is 26.4. The standard InChI is InChI=1S/C13H18F2N2/c1-8-3-2-4-10-11(8)17-12(16-10)9-5-6-13(14,15)7-9/h8-9H,2-7H2,1H3,(H,16,17). The van der Waals surface area contributed by atoms with Crippen molar-refractivity contribution in [2.75, 3.05) is 0 Å². The zero-order valence-electron chi connectivity index (χ0n) is 10.1. The lowest BCUT2D eigenvalue weighted by atomic mass is 9.92. The first-order valence-corrected chi connectivity index (χ1v) is 6.52. The van der Waals surface area contributed by atoms with Crippen LogP contribution in [0.3, 0.4) is 0 Å². The molecule has 17 heavy (non-hydrogen) atoms. The van der Waals surface area contributed by atoms with Gasteiger partial charge in [0.15, 0.2) is 0 Å². The molecule has 1 aromatic rings. The molecule has 0 saturated heterocycles. The molecule has 4 heteroatoms. The molecule has 1 fully saturated rings. The minimum absolute atomic E-state index is 0.0125. The Morgan fingerprint density at radius 3 is 2.82 bits per heavy atom. The first kappa shape index (κ1) is 11.2. The minimum Gasteiger partial charge on any atom is -0.345 e. The molecule has 2 aliphatic carbocycles. The summed E-state index contributed by atoms with van der Waals surface area (Å²) in [5, 5.41) is 0. The Morgan fingerprint density at radius 2 is 2.18 bits per heavy atom. The van der Waals surface area contributed by atoms with Crippen molar-refractivity contribution in [2.45, 2.75) is 63.2 Å². The van der Waals surface area contributed by atoms with Crippen molar-refractivity contribution in [1.29, 1.82) is 0 Å². The maximum absolute atomic E-state index is 13.2. The average Bonchev–Trinajstić information content (AvgIpc) is 2.82. The number of nitrogens with zero attached hydrogens (tertiary/aromatic N) is 1. The summed E-state index contributed by atoms with van der Waals surface area (Å²) >= 11 is 0. The van der Waals surface area contributed by atoms with E-state index in [0.717, 1.165) is 24.4 Å². The Morgan fingerprint density at radius 1 is 1.35 bits per heavy atom. The maximum atomic E-state index is 13.2. The molecule has 0 aromatic carbocycles. The van der Waals surface area contributed by atoms with E-state index >= 15 is 0 Å². The van der Waals surface area contributed by atoms with Gasteiger partial charge in [0.25, 0.3) is 0 Å². The number of fused-ring (bicyclic) bond motifs is 1. The molecule has 0 radical (unpaired) electrons. The highest BCUT2D eigenvalue weighted by Gasteiger charge is 2.41. The van der Waals surface area contributed by atoms with Gasteiger partial charge in [-0.05, 0) is 25.7 Å². The van der Waals surface area contributed by atoms with Gasteiger partial charge in [-0.1, -0.05) is 6.92 Å². The number of nitrogens with one attached hydrogen (secondary N) is 1. The number of halogens is 2. The maximum Gasteiger partial charge on any atom is 0.248 e. The molecule has 1 heterocycles. The van der Waals surface area contributed by atoms with Gasteiger partial charge >= 0.3 is 0 Å². The number of aromatic nitrogens is 2. The molecule has 2 nitrogen and oxygen atoms in total. The molecule has 1 N–H and O–H groups in total. The van der Waals surface area contributed by atoms with Crippen LogP contribution in [0.2, 0.25) is 0 Å². The van der Waals surface area contributed by atoms with E-state index in [4.69, 9.17) is 0 Å². The molecule has 94 valence electrons. The summed E-state index contributed by atoms with van der Waals surface area (Å²) in [5.41, 5.74) is 2.32. The first-order valence-electron chi connectivity index (χ1n) is 6.52. The molecular formula is C13H18F2N2. The van der Waals surface area contributed by atoms with Gasteiger partial charge in [-0.15, -0.1) is 0 Å². The van der Waals surface area contributed by atoms with Crippen LogP contribution in [-0.4, -0.2) is 15.9 Å². The zero-order valence-corrected chi connectivity index (χ0v) is 10.1. The van der Waals surface area contributed by atoms with Crippen LogP contribution in [0.25, 0.3) is 0 Å². The lowest BCUT2D eigenvalue weighted by Crippen LogP contribution is -2.09. The summed E-state index contributed by atoms with van der Waals surface area (Å²) in [6.45, 7) is 2.17. The van der Waals surface area contributed by atoms with Gasteiger partial charge in [0.05, 0.1) is 5.69 Å². The van der Waals surface area contributed by atoms with Crippen LogP contribution in [0.5, 0.6) is 0 Å². The number of hydrogen-bond donors (Lipinski definition) is 1. The molecule has 0 bridgehead atoms. The molecule has 1 saturated carbocycles. The Hall–Kier alpha value is -0.930. The van der Waals surface area contributed by atoms with E-state index in [2.05, 4.69) is 16.9 Å². The monoisotopic (exact) mass is 240 g/mol. The second-order valence-corrected chi connectivity index (χ2v) is 5.57. The summed E-state index contributed by atoms with van der Waals surface area (Å²) in [4.78, 5) is 7.89. The third-order valence-electron chi connectivity index (χ3n) is 4.15. The van der Waals surface area contributed by atoms with Crippen molar-refractivity contribution in [3.05, 3.63) is 17.2 Å². The Bertz CT molecular complexity index is 425. The van der Waals surface area contributed by atoms with Gasteiger partial charge in [-0.3, -0.25) is 0 Å². The fourth-order valence-electron chi connectivity index (χ4n) is 3.14. The molecule has 0 aliphatic heterocycles. The molecule has 0 amide bonds. The van der Waals surface area contributed by atoms with Gasteiger partial charge in [0, 0.05) is 30.4 Å². The van der Waals surface area contributed by atoms with Crippen LogP contribution in [0, 0.1) is 0 Å². The Balaban J connectivity index is 1.85. The van der Waals surface area contributed by atoms with E-state index in [-0.39, 0.29) is 18.8 Å². The highest BCUT2D eigenvalue weighted by Crippen LogP contribution is 2.44. The van der Waals surface area contributed by atoms with Crippen molar-refractivity contribution >= 4 is 0 Å². The number of aryl methyl sites for hydroxylation is 1. The van der Waals surface area contributed by atoms with Crippen molar-refractivity contribution in [2.24, 2.45) is 0 Å². The number of H-pyrrole nitrogens is 1. The van der Waals surface area contributed by atoms with Crippen LogP contribution < -0.4 is 0 Å². The number of imidazole rings is 1. The predicted molar refractivity (Wildman–Crippen MR) is 61.5 cm³/mol. The predicted octanol–water partition coefficient (Wildman–Crippen LogP) is 3.75. The zero-order chi connectivity index (χ0) is 12.0. The molecule has 2 atom stereocenters. The Kier molecular flexibility index (Phi) is 2.49. The lowest BCUT2D eigenvalue weighted by molar-refractivity contribution is 0.00755. The summed E-state index contributed by atoms with van der Waals surface area (Å²) in [7, 11) is 0. The van der Waals surface area contributed by atoms with E-state index in [1.807, 2.05) is 0 Å². The fraction of sp³-hybridized carbons (Fsp3) is 0.769. The number of rotatable bonds is 1. The second-order valence-electron chi connectivity index (χ2n) is 5.57. The van der Waals surface area contributed by atoms with E-state index in [0.29, 0.717) is 12.3 Å². The van der Waals surface area contributed by atoms with Crippen LogP contribution >= 0.6 is 0 Å². The van der Waals surface area contributed by atoms with Crippen molar-refractivity contribution in [3.63, 3.8) is 0 Å². The van der Waals surface area contributed by atoms with Gasteiger partial charge < -0.3 is 4.98 Å². The van der Waals surface area contributed by atoms with Crippen molar-refractivity contribution in [3.8, 4) is 0 Å². The molecule has 2 unspecified atom stereocenters. The number of hydrogen-bond acceptors (Lipinski definition) is 1. The van der Waals surface area contributed by atoms with E-state index in [1.54, 1.807) is 0 Å². The molecule has 0 spiro atoms. The van der Waals surface area contributed by atoms with E-state index in [1.165, 1.54) is 12.1 Å². The quantitative estimate of drug-likeness (QED) is 0.795. The number of aromatic amines is 1. The van der Waals surface area contributed by atoms with Crippen LogP contribution in [-0.2, 0) is 6.42 Å². The molecule has 2 aliphatic rings. The highest BCUT2D eigenvalue weighted by atomic mass is 19.3. The Labute approximate surface area is 99.8 Å². The number of alkyl halides is 2. The van der Waals surface area contributed by atoms with Gasteiger partial charge in [0.2, 0.25) is 5.92 Å². The summed E-state index contributed by atoms with van der Waals surface area (Å²) in [6, 6.07) is 0. The normalized spacial score (nSPS) is 31.5. The SMILES string of the molecule is CC1CCCc2[nH]c(C3CCC(F)(F)C3)nc21. The topological polar surface area (TPSA) is 28.7 Å². The van der Waals surface area contributed by atoms with Crippen molar-refractivity contribution < 1.29 is 8.78 Å². The van der Waals surface area contributed by atoms with Gasteiger partial charge in [0.1, 0.15) is 5.82 Å². The molecule has 3 rings (SSSR count). The molecular weight excluding hydrogens is 222 g/mol. The van der Waals surface area contributed by atoms with E-state index in [9.17, 15) is 8.78 Å². The summed E-state index contributed by atoms with van der Waals surface area (Å²) in [5.74, 6) is -1.27. The van der Waals surface area contributed by atoms with Crippen LogP contribution in [0.15, 0.2) is 0 Å². The van der Waals surface area contributed by atoms with Crippen molar-refractivity contribution in [1.82, 2.24) is 9.97 Å². The average molecular weight is 240 g/mol. The lowest BCUT2D eigenvalue weighted by Gasteiger charge is -2.15. The third-order valence-corrected chi connectivity index (χ3v) is 4.15. The first-order chi connectivity index (χ1) is 8.05. The highest BCUT2D eigenvalue weighted by molar-refractivity contribution is 5.23. The summed E-state index contributed by atoms with van der Waals surface area (Å²) in [6.07, 6.45) is 3.91. The van der Waals surface area contributed by atoms with Crippen LogP contribution in [0.1, 0.15) is 68.1 Å². The molecule has 1 aromatic heterocycles. The third kappa shape index (κ3) is 1.98.